The van der Waals surface area contributed by atoms with Gasteiger partial charge in [-0.1, -0.05) is 30.3 Å². The predicted molar refractivity (Wildman–Crippen MR) is 99.0 cm³/mol. The number of hydrogen-bond acceptors (Lipinski definition) is 5. The van der Waals surface area contributed by atoms with Gasteiger partial charge in [0, 0.05) is 26.1 Å². The largest absolute Gasteiger partial charge is 0.466 e. The van der Waals surface area contributed by atoms with E-state index in [-0.39, 0.29) is 37.9 Å². The number of nitrogens with one attached hydrogen (secondary N) is 2. The maximum atomic E-state index is 12.2. The summed E-state index contributed by atoms with van der Waals surface area (Å²) in [5, 5.41) is 5.46. The van der Waals surface area contributed by atoms with Crippen LogP contribution in [0.5, 0.6) is 0 Å². The zero-order chi connectivity index (χ0) is 19.5. The number of carbonyl (C=O) groups excluding carboxylic acids is 3. The number of rotatable bonds is 8. The Balaban J connectivity index is 1.81. The van der Waals surface area contributed by atoms with Gasteiger partial charge in [-0.2, -0.15) is 0 Å². The van der Waals surface area contributed by atoms with Gasteiger partial charge in [-0.3, -0.25) is 9.59 Å². The van der Waals surface area contributed by atoms with Crippen molar-refractivity contribution in [3.63, 3.8) is 0 Å². The summed E-state index contributed by atoms with van der Waals surface area (Å²) in [5.41, 5.74) is 0.810. The van der Waals surface area contributed by atoms with Crippen molar-refractivity contribution in [1.29, 1.82) is 0 Å². The SMILES string of the molecule is CCOC(=O)C[C@H](NC(=O)NCCC(=O)N1CCOCC1)c1ccccc1. The highest BCUT2D eigenvalue weighted by Gasteiger charge is 2.20. The zero-order valence-electron chi connectivity index (χ0n) is 15.6. The lowest BCUT2D eigenvalue weighted by Gasteiger charge is -2.27. The fourth-order valence-corrected chi connectivity index (χ4v) is 2.79. The average molecular weight is 377 g/mol. The minimum Gasteiger partial charge on any atom is -0.466 e. The van der Waals surface area contributed by atoms with Crippen LogP contribution in [-0.4, -0.2) is 62.3 Å². The van der Waals surface area contributed by atoms with Gasteiger partial charge in [-0.15, -0.1) is 0 Å². The first kappa shape index (κ1) is 20.7. The zero-order valence-corrected chi connectivity index (χ0v) is 15.6. The summed E-state index contributed by atoms with van der Waals surface area (Å²) in [4.78, 5) is 37.8. The summed E-state index contributed by atoms with van der Waals surface area (Å²) in [6.07, 6.45) is 0.263. The van der Waals surface area contributed by atoms with Crippen LogP contribution >= 0.6 is 0 Å². The first-order chi connectivity index (χ1) is 13.1. The maximum absolute atomic E-state index is 12.2. The minimum atomic E-state index is -0.500. The van der Waals surface area contributed by atoms with Gasteiger partial charge in [-0.05, 0) is 12.5 Å². The number of carbonyl (C=O) groups is 3. The van der Waals surface area contributed by atoms with Crippen LogP contribution in [0.15, 0.2) is 30.3 Å². The van der Waals surface area contributed by atoms with E-state index in [0.29, 0.717) is 26.3 Å². The molecule has 2 N–H and O–H groups in total. The van der Waals surface area contributed by atoms with Crippen LogP contribution in [0, 0.1) is 0 Å². The third kappa shape index (κ3) is 7.26. The van der Waals surface area contributed by atoms with Crippen molar-refractivity contribution in [1.82, 2.24) is 15.5 Å². The van der Waals surface area contributed by atoms with Crippen LogP contribution in [0.25, 0.3) is 0 Å². The fraction of sp³-hybridized carbons (Fsp3) is 0.526. The van der Waals surface area contributed by atoms with Crippen LogP contribution < -0.4 is 10.6 Å². The highest BCUT2D eigenvalue weighted by molar-refractivity contribution is 5.79. The molecule has 0 aliphatic carbocycles. The summed E-state index contributed by atoms with van der Waals surface area (Å²) >= 11 is 0. The average Bonchev–Trinajstić information content (AvgIpc) is 2.69. The Bertz CT molecular complexity index is 617. The number of ether oxygens (including phenoxy) is 2. The predicted octanol–water partition coefficient (Wildman–Crippen LogP) is 1.23. The molecule has 148 valence electrons. The molecule has 8 heteroatoms. The summed E-state index contributed by atoms with van der Waals surface area (Å²) in [5.74, 6) is -0.390. The first-order valence-corrected chi connectivity index (χ1v) is 9.20. The fourth-order valence-electron chi connectivity index (χ4n) is 2.79. The second-order valence-electron chi connectivity index (χ2n) is 6.12. The molecular formula is C19H27N3O5. The molecule has 8 nitrogen and oxygen atoms in total. The van der Waals surface area contributed by atoms with Gasteiger partial charge in [0.1, 0.15) is 0 Å². The van der Waals surface area contributed by atoms with Crippen LogP contribution in [0.1, 0.15) is 31.4 Å². The van der Waals surface area contributed by atoms with Crippen molar-refractivity contribution in [2.75, 3.05) is 39.5 Å². The highest BCUT2D eigenvalue weighted by atomic mass is 16.5. The number of benzene rings is 1. The Hall–Kier alpha value is -2.61. The van der Waals surface area contributed by atoms with E-state index < -0.39 is 12.1 Å². The van der Waals surface area contributed by atoms with E-state index in [1.807, 2.05) is 30.3 Å². The molecule has 0 spiro atoms. The second kappa shape index (κ2) is 11.2. The topological polar surface area (TPSA) is 97.0 Å². The second-order valence-corrected chi connectivity index (χ2v) is 6.12. The lowest BCUT2D eigenvalue weighted by Crippen LogP contribution is -2.43. The van der Waals surface area contributed by atoms with Crippen molar-refractivity contribution in [3.8, 4) is 0 Å². The lowest BCUT2D eigenvalue weighted by molar-refractivity contribution is -0.143. The van der Waals surface area contributed by atoms with E-state index in [4.69, 9.17) is 9.47 Å². The molecule has 0 unspecified atom stereocenters. The molecule has 0 bridgehead atoms. The van der Waals surface area contributed by atoms with Crippen LogP contribution in [0.3, 0.4) is 0 Å². The smallest absolute Gasteiger partial charge is 0.315 e. The summed E-state index contributed by atoms with van der Waals surface area (Å²) < 4.78 is 10.2. The number of urea groups is 1. The molecule has 3 amide bonds. The Morgan fingerprint density at radius 2 is 1.89 bits per heavy atom. The Labute approximate surface area is 159 Å². The third-order valence-electron chi connectivity index (χ3n) is 4.17. The molecule has 0 radical (unpaired) electrons. The van der Waals surface area contributed by atoms with E-state index in [9.17, 15) is 14.4 Å². The molecule has 0 saturated carbocycles. The van der Waals surface area contributed by atoms with Crippen LogP contribution in [0.4, 0.5) is 4.79 Å². The lowest BCUT2D eigenvalue weighted by atomic mass is 10.0. The number of nitrogens with zero attached hydrogens (tertiary/aromatic N) is 1. The number of morpholine rings is 1. The standard InChI is InChI=1S/C19H27N3O5/c1-2-27-18(24)14-16(15-6-4-3-5-7-15)21-19(25)20-9-8-17(23)22-10-12-26-13-11-22/h3-7,16H,2,8-14H2,1H3,(H2,20,21,25)/t16-/m0/s1. The number of hydrogen-bond donors (Lipinski definition) is 2. The molecule has 1 aromatic carbocycles. The number of amides is 3. The van der Waals surface area contributed by atoms with E-state index >= 15 is 0 Å². The van der Waals surface area contributed by atoms with Crippen LogP contribution in [-0.2, 0) is 19.1 Å². The van der Waals surface area contributed by atoms with E-state index in [1.165, 1.54) is 0 Å². The molecule has 1 heterocycles. The van der Waals surface area contributed by atoms with Crippen LogP contribution in [0.2, 0.25) is 0 Å². The Kier molecular flexibility index (Phi) is 8.57. The maximum Gasteiger partial charge on any atom is 0.315 e. The van der Waals surface area contributed by atoms with Gasteiger partial charge >= 0.3 is 12.0 Å². The van der Waals surface area contributed by atoms with Crippen molar-refractivity contribution >= 4 is 17.9 Å². The third-order valence-corrected chi connectivity index (χ3v) is 4.17. The molecule has 1 aliphatic rings. The van der Waals surface area contributed by atoms with E-state index in [2.05, 4.69) is 10.6 Å². The summed E-state index contributed by atoms with van der Waals surface area (Å²) in [6.45, 7) is 4.51. The molecule has 1 aromatic rings. The number of esters is 1. The molecule has 2 rings (SSSR count). The molecular weight excluding hydrogens is 350 g/mol. The Morgan fingerprint density at radius 1 is 1.19 bits per heavy atom. The molecule has 1 atom stereocenters. The molecule has 0 aromatic heterocycles. The normalized spacial score (nSPS) is 14.9. The molecule has 1 fully saturated rings. The van der Waals surface area contributed by atoms with Gasteiger partial charge in [-0.25, -0.2) is 4.79 Å². The van der Waals surface area contributed by atoms with E-state index in [1.54, 1.807) is 11.8 Å². The van der Waals surface area contributed by atoms with Gasteiger partial charge in [0.05, 0.1) is 32.3 Å². The van der Waals surface area contributed by atoms with Crippen molar-refractivity contribution in [3.05, 3.63) is 35.9 Å². The monoisotopic (exact) mass is 377 g/mol. The van der Waals surface area contributed by atoms with Crippen molar-refractivity contribution in [2.45, 2.75) is 25.8 Å². The quantitative estimate of drug-likeness (QED) is 0.664. The van der Waals surface area contributed by atoms with Gasteiger partial charge < -0.3 is 25.0 Å². The molecule has 1 aliphatic heterocycles. The van der Waals surface area contributed by atoms with Crippen molar-refractivity contribution < 1.29 is 23.9 Å². The minimum absolute atomic E-state index is 0.00951. The summed E-state index contributed by atoms with van der Waals surface area (Å²) in [6, 6.07) is 8.30. The van der Waals surface area contributed by atoms with Gasteiger partial charge in [0.15, 0.2) is 0 Å². The summed E-state index contributed by atoms with van der Waals surface area (Å²) in [7, 11) is 0. The van der Waals surface area contributed by atoms with Gasteiger partial charge in [0.25, 0.3) is 0 Å². The molecule has 27 heavy (non-hydrogen) atoms. The van der Waals surface area contributed by atoms with E-state index in [0.717, 1.165) is 5.56 Å². The van der Waals surface area contributed by atoms with Gasteiger partial charge in [0.2, 0.25) is 5.91 Å². The first-order valence-electron chi connectivity index (χ1n) is 9.20. The van der Waals surface area contributed by atoms with Crippen molar-refractivity contribution in [2.24, 2.45) is 0 Å². The highest BCUT2D eigenvalue weighted by Crippen LogP contribution is 2.17. The molecule has 1 saturated heterocycles. The Morgan fingerprint density at radius 3 is 2.56 bits per heavy atom.